The van der Waals surface area contributed by atoms with Crippen LogP contribution in [0.1, 0.15) is 57.9 Å². The quantitative estimate of drug-likeness (QED) is 0.496. The summed E-state index contributed by atoms with van der Waals surface area (Å²) < 4.78 is 0. The lowest BCUT2D eigenvalue weighted by molar-refractivity contribution is 0.407. The molecule has 138 valence electrons. The van der Waals surface area contributed by atoms with Gasteiger partial charge < -0.3 is 10.2 Å². The van der Waals surface area contributed by atoms with Gasteiger partial charge in [0.2, 0.25) is 0 Å². The molecule has 1 aliphatic rings. The Balaban J connectivity index is 2.46. The largest absolute Gasteiger partial charge is 0.508 e. The zero-order valence-corrected chi connectivity index (χ0v) is 17.5. The van der Waals surface area contributed by atoms with E-state index in [4.69, 9.17) is 0 Å². The van der Waals surface area contributed by atoms with Crippen molar-refractivity contribution in [3.63, 3.8) is 0 Å². The molecule has 0 amide bonds. The second-order valence-electron chi connectivity index (χ2n) is 8.45. The molecule has 0 saturated heterocycles. The fraction of sp³-hybridized carbons (Fsp3) is 0.545. The Hall–Kier alpha value is -1.48. The number of hydrogen-bond acceptors (Lipinski definition) is 2. The first kappa shape index (κ1) is 19.8. The number of allylic oxidation sites excluding steroid dienone is 3. The van der Waals surface area contributed by atoms with Crippen molar-refractivity contribution in [3.05, 3.63) is 41.5 Å². The summed E-state index contributed by atoms with van der Waals surface area (Å²) in [6.45, 7) is 15.2. The van der Waals surface area contributed by atoms with Gasteiger partial charge in [0.15, 0.2) is 0 Å². The van der Waals surface area contributed by atoms with Gasteiger partial charge in [0.25, 0.3) is 0 Å². The van der Waals surface area contributed by atoms with Crippen molar-refractivity contribution in [2.75, 3.05) is 0 Å². The van der Waals surface area contributed by atoms with E-state index in [1.807, 2.05) is 12.1 Å². The first-order valence-corrected chi connectivity index (χ1v) is 12.8. The van der Waals surface area contributed by atoms with E-state index >= 15 is 0 Å². The summed E-state index contributed by atoms with van der Waals surface area (Å²) in [6.07, 6.45) is 6.67. The number of rotatable bonds is 6. The Morgan fingerprint density at radius 1 is 1.24 bits per heavy atom. The maximum Gasteiger partial charge on any atom is 0.122 e. The van der Waals surface area contributed by atoms with Crippen molar-refractivity contribution in [3.8, 4) is 11.5 Å². The first-order chi connectivity index (χ1) is 11.7. The van der Waals surface area contributed by atoms with Gasteiger partial charge in [0.05, 0.1) is 8.07 Å². The smallest absolute Gasteiger partial charge is 0.122 e. The van der Waals surface area contributed by atoms with E-state index in [1.54, 1.807) is 0 Å². The van der Waals surface area contributed by atoms with Crippen LogP contribution >= 0.6 is 0 Å². The van der Waals surface area contributed by atoms with Crippen LogP contribution in [0.25, 0.3) is 0 Å². The number of benzene rings is 1. The Morgan fingerprint density at radius 3 is 2.36 bits per heavy atom. The molecule has 1 aromatic rings. The number of hydrogen-bond donors (Lipinski definition) is 2. The predicted molar refractivity (Wildman–Crippen MR) is 111 cm³/mol. The molecular formula is C22H34O2Si. The van der Waals surface area contributed by atoms with Crippen molar-refractivity contribution in [2.24, 2.45) is 5.92 Å². The van der Waals surface area contributed by atoms with Gasteiger partial charge in [-0.3, -0.25) is 0 Å². The van der Waals surface area contributed by atoms with E-state index in [0.29, 0.717) is 5.56 Å². The van der Waals surface area contributed by atoms with Crippen molar-refractivity contribution in [1.82, 2.24) is 0 Å². The first-order valence-electron chi connectivity index (χ1n) is 9.56. The fourth-order valence-electron chi connectivity index (χ4n) is 4.02. The van der Waals surface area contributed by atoms with Crippen molar-refractivity contribution in [2.45, 2.75) is 71.5 Å². The SMILES string of the molecule is C=C(C)[C@@H]1CCC(C)=C[C@H]1c1c(O)cc([Si](C)(C)CCCC)cc1O. The molecule has 2 nitrogen and oxygen atoms in total. The van der Waals surface area contributed by atoms with Crippen molar-refractivity contribution in [1.29, 1.82) is 0 Å². The highest BCUT2D eigenvalue weighted by Gasteiger charge is 2.32. The topological polar surface area (TPSA) is 40.5 Å². The average molecular weight is 359 g/mol. The third-order valence-electron chi connectivity index (χ3n) is 5.79. The van der Waals surface area contributed by atoms with Crippen LogP contribution in [-0.4, -0.2) is 18.3 Å². The van der Waals surface area contributed by atoms with Gasteiger partial charge in [-0.05, 0) is 44.7 Å². The van der Waals surface area contributed by atoms with Crippen LogP contribution in [-0.2, 0) is 0 Å². The van der Waals surface area contributed by atoms with Crippen molar-refractivity contribution < 1.29 is 10.2 Å². The molecule has 0 spiro atoms. The summed E-state index contributed by atoms with van der Waals surface area (Å²) in [5.74, 6) is 0.779. The number of phenolic OH excluding ortho intramolecular Hbond substituents is 2. The van der Waals surface area contributed by atoms with Gasteiger partial charge in [-0.2, -0.15) is 0 Å². The van der Waals surface area contributed by atoms with Gasteiger partial charge in [0.1, 0.15) is 11.5 Å². The summed E-state index contributed by atoms with van der Waals surface area (Å²) in [4.78, 5) is 0. The minimum Gasteiger partial charge on any atom is -0.508 e. The van der Waals surface area contributed by atoms with Crippen LogP contribution < -0.4 is 5.19 Å². The molecule has 0 aliphatic heterocycles. The molecule has 0 bridgehead atoms. The number of phenols is 2. The van der Waals surface area contributed by atoms with Crippen LogP contribution in [0.15, 0.2) is 35.9 Å². The second-order valence-corrected chi connectivity index (χ2v) is 13.3. The second kappa shape index (κ2) is 7.82. The van der Waals surface area contributed by atoms with Crippen LogP contribution in [0.2, 0.25) is 19.1 Å². The van der Waals surface area contributed by atoms with Crippen LogP contribution in [0, 0.1) is 5.92 Å². The summed E-state index contributed by atoms with van der Waals surface area (Å²) >= 11 is 0. The molecule has 0 radical (unpaired) electrons. The lowest BCUT2D eigenvalue weighted by Gasteiger charge is -2.32. The zero-order valence-electron chi connectivity index (χ0n) is 16.5. The molecule has 1 aliphatic carbocycles. The Bertz CT molecular complexity index is 650. The third kappa shape index (κ3) is 4.38. The summed E-state index contributed by atoms with van der Waals surface area (Å²) in [5, 5.41) is 22.7. The molecule has 0 saturated carbocycles. The van der Waals surface area contributed by atoms with Crippen molar-refractivity contribution >= 4 is 13.3 Å². The van der Waals surface area contributed by atoms with Gasteiger partial charge in [-0.15, -0.1) is 0 Å². The third-order valence-corrected chi connectivity index (χ3v) is 9.24. The fourth-order valence-corrected chi connectivity index (χ4v) is 6.61. The molecule has 0 unspecified atom stereocenters. The van der Waals surface area contributed by atoms with Gasteiger partial charge >= 0.3 is 0 Å². The molecule has 1 aromatic carbocycles. The highest BCUT2D eigenvalue weighted by atomic mass is 28.3. The predicted octanol–water partition coefficient (Wildman–Crippen LogP) is 5.83. The molecule has 0 heterocycles. The molecule has 2 N–H and O–H groups in total. The van der Waals surface area contributed by atoms with E-state index in [-0.39, 0.29) is 23.3 Å². The maximum absolute atomic E-state index is 10.8. The lowest BCUT2D eigenvalue weighted by atomic mass is 9.74. The van der Waals surface area contributed by atoms with E-state index in [9.17, 15) is 10.2 Å². The Kier molecular flexibility index (Phi) is 6.20. The molecule has 2 rings (SSSR count). The Morgan fingerprint density at radius 2 is 1.84 bits per heavy atom. The highest BCUT2D eigenvalue weighted by Crippen LogP contribution is 2.45. The van der Waals surface area contributed by atoms with E-state index in [0.717, 1.165) is 23.6 Å². The normalized spacial score (nSPS) is 21.1. The van der Waals surface area contributed by atoms with Gasteiger partial charge in [0, 0.05) is 11.5 Å². The summed E-state index contributed by atoms with van der Waals surface area (Å²) in [5.41, 5.74) is 3.12. The molecule has 25 heavy (non-hydrogen) atoms. The summed E-state index contributed by atoms with van der Waals surface area (Å²) in [7, 11) is -1.64. The summed E-state index contributed by atoms with van der Waals surface area (Å²) in [6, 6.07) is 5.02. The number of unbranched alkanes of at least 4 members (excludes halogenated alkanes) is 1. The van der Waals surface area contributed by atoms with Crippen LogP contribution in [0.4, 0.5) is 0 Å². The highest BCUT2D eigenvalue weighted by molar-refractivity contribution is 6.89. The van der Waals surface area contributed by atoms with Gasteiger partial charge in [-0.1, -0.05) is 67.9 Å². The Labute approximate surface area is 154 Å². The van der Waals surface area contributed by atoms with Crippen LogP contribution in [0.3, 0.4) is 0 Å². The monoisotopic (exact) mass is 358 g/mol. The van der Waals surface area contributed by atoms with E-state index < -0.39 is 8.07 Å². The van der Waals surface area contributed by atoms with Crippen LogP contribution in [0.5, 0.6) is 11.5 Å². The lowest BCUT2D eigenvalue weighted by Crippen LogP contribution is -2.41. The average Bonchev–Trinajstić information content (AvgIpc) is 2.52. The molecule has 2 atom stereocenters. The zero-order chi connectivity index (χ0) is 18.8. The van der Waals surface area contributed by atoms with E-state index in [1.165, 1.54) is 24.5 Å². The molecular weight excluding hydrogens is 324 g/mol. The molecule has 0 aromatic heterocycles. The van der Waals surface area contributed by atoms with E-state index in [2.05, 4.69) is 46.5 Å². The molecule has 0 fully saturated rings. The molecule has 3 heteroatoms. The minimum atomic E-state index is -1.64. The maximum atomic E-state index is 10.8. The van der Waals surface area contributed by atoms with Gasteiger partial charge in [-0.25, -0.2) is 0 Å². The standard InChI is InChI=1S/C22H34O2Si/c1-7-8-11-25(5,6)17-13-20(23)22(21(24)14-17)19-12-16(4)9-10-18(19)15(2)3/h12-14,18-19,23-24H,2,7-11H2,1,3-6H3/t18-,19+/m0/s1. The number of aromatic hydroxyl groups is 2. The minimum absolute atomic E-state index is 0.0146.